The van der Waals surface area contributed by atoms with Crippen molar-refractivity contribution in [2.45, 2.75) is 13.1 Å². The van der Waals surface area contributed by atoms with E-state index in [1.165, 1.54) is 5.39 Å². The summed E-state index contributed by atoms with van der Waals surface area (Å²) in [6, 6.07) is 20.8. The fourth-order valence-electron chi connectivity index (χ4n) is 2.61. The zero-order valence-corrected chi connectivity index (χ0v) is 13.7. The van der Waals surface area contributed by atoms with E-state index in [1.807, 2.05) is 36.4 Å². The Morgan fingerprint density at radius 3 is 2.16 bits per heavy atom. The van der Waals surface area contributed by atoms with Gasteiger partial charge < -0.3 is 16.4 Å². The van der Waals surface area contributed by atoms with Crippen molar-refractivity contribution in [3.63, 3.8) is 0 Å². The molecule has 3 aromatic rings. The number of amides is 3. The summed E-state index contributed by atoms with van der Waals surface area (Å²) in [7, 11) is 0. The molecule has 3 amide bonds. The van der Waals surface area contributed by atoms with E-state index in [9.17, 15) is 9.59 Å². The van der Waals surface area contributed by atoms with Crippen LogP contribution >= 0.6 is 0 Å². The third-order valence-corrected chi connectivity index (χ3v) is 3.93. The molecule has 0 saturated heterocycles. The van der Waals surface area contributed by atoms with Crippen LogP contribution in [0, 0.1) is 0 Å². The number of nitrogens with two attached hydrogens (primary N) is 1. The smallest absolute Gasteiger partial charge is 0.315 e. The van der Waals surface area contributed by atoms with Crippen LogP contribution in [0.2, 0.25) is 0 Å². The number of fused-ring (bicyclic) bond motifs is 1. The number of rotatable bonds is 5. The molecule has 0 aliphatic carbocycles. The van der Waals surface area contributed by atoms with E-state index in [4.69, 9.17) is 5.73 Å². The van der Waals surface area contributed by atoms with Crippen LogP contribution in [-0.2, 0) is 13.1 Å². The lowest BCUT2D eigenvalue weighted by Gasteiger charge is -2.09. The molecule has 0 bridgehead atoms. The highest BCUT2D eigenvalue weighted by Gasteiger charge is 2.04. The van der Waals surface area contributed by atoms with Crippen LogP contribution in [0.1, 0.15) is 21.5 Å². The number of nitrogens with one attached hydrogen (secondary N) is 2. The van der Waals surface area contributed by atoms with Crippen LogP contribution in [0.5, 0.6) is 0 Å². The summed E-state index contributed by atoms with van der Waals surface area (Å²) in [4.78, 5) is 23.1. The summed E-state index contributed by atoms with van der Waals surface area (Å²) in [5, 5.41) is 7.92. The predicted molar refractivity (Wildman–Crippen MR) is 98.0 cm³/mol. The second-order valence-corrected chi connectivity index (χ2v) is 5.78. The van der Waals surface area contributed by atoms with Gasteiger partial charge in [-0.1, -0.05) is 48.5 Å². The Hall–Kier alpha value is -3.34. The number of carbonyl (C=O) groups is 2. The van der Waals surface area contributed by atoms with Crippen molar-refractivity contribution in [1.82, 2.24) is 10.6 Å². The predicted octanol–water partition coefficient (Wildman–Crippen LogP) is 2.94. The molecule has 4 N–H and O–H groups in total. The lowest BCUT2D eigenvalue weighted by Crippen LogP contribution is -2.34. The van der Waals surface area contributed by atoms with Crippen LogP contribution in [0.15, 0.2) is 66.7 Å². The molecule has 0 aliphatic rings. The molecule has 126 valence electrons. The number of hydrogen-bond donors (Lipinski definition) is 3. The maximum absolute atomic E-state index is 12.0. The molecule has 3 rings (SSSR count). The molecule has 3 aromatic carbocycles. The second kappa shape index (κ2) is 7.49. The van der Waals surface area contributed by atoms with Gasteiger partial charge in [0.2, 0.25) is 5.91 Å². The number of benzene rings is 3. The first-order valence-corrected chi connectivity index (χ1v) is 8.00. The number of primary amides is 1. The molecule has 25 heavy (non-hydrogen) atoms. The van der Waals surface area contributed by atoms with E-state index in [0.717, 1.165) is 16.5 Å². The maximum atomic E-state index is 12.0. The van der Waals surface area contributed by atoms with E-state index < -0.39 is 5.91 Å². The van der Waals surface area contributed by atoms with Crippen LogP contribution < -0.4 is 16.4 Å². The van der Waals surface area contributed by atoms with E-state index in [0.29, 0.717) is 18.7 Å². The first-order valence-electron chi connectivity index (χ1n) is 8.00. The molecule has 0 spiro atoms. The normalized spacial score (nSPS) is 10.4. The van der Waals surface area contributed by atoms with E-state index in [2.05, 4.69) is 22.8 Å². The second-order valence-electron chi connectivity index (χ2n) is 5.78. The summed E-state index contributed by atoms with van der Waals surface area (Å²) >= 11 is 0. The van der Waals surface area contributed by atoms with Crippen LogP contribution in [0.25, 0.3) is 10.8 Å². The molecule has 0 unspecified atom stereocenters. The summed E-state index contributed by atoms with van der Waals surface area (Å²) < 4.78 is 0. The average Bonchev–Trinajstić information content (AvgIpc) is 2.64. The van der Waals surface area contributed by atoms with Crippen molar-refractivity contribution >= 4 is 22.7 Å². The van der Waals surface area contributed by atoms with Gasteiger partial charge in [0.05, 0.1) is 0 Å². The van der Waals surface area contributed by atoms with Crippen LogP contribution in [0.3, 0.4) is 0 Å². The molecule has 0 aromatic heterocycles. The summed E-state index contributed by atoms with van der Waals surface area (Å²) in [5.74, 6) is -0.484. The highest BCUT2D eigenvalue weighted by atomic mass is 16.2. The SMILES string of the molecule is NC(=O)c1cccc(CNC(=O)NCc2ccc3ccccc3c2)c1. The molecule has 0 heterocycles. The lowest BCUT2D eigenvalue weighted by molar-refractivity contribution is 0.1000. The summed E-state index contributed by atoms with van der Waals surface area (Å²) in [6.45, 7) is 0.767. The molecular formula is C20H19N3O2. The Labute approximate surface area is 145 Å². The number of urea groups is 1. The Bertz CT molecular complexity index is 921. The van der Waals surface area contributed by atoms with Crippen molar-refractivity contribution in [2.24, 2.45) is 5.73 Å². The molecular weight excluding hydrogens is 314 g/mol. The lowest BCUT2D eigenvalue weighted by atomic mass is 10.1. The van der Waals surface area contributed by atoms with Gasteiger partial charge in [-0.3, -0.25) is 4.79 Å². The molecule has 0 fully saturated rings. The van der Waals surface area contributed by atoms with Gasteiger partial charge in [-0.2, -0.15) is 0 Å². The Morgan fingerprint density at radius 1 is 0.760 bits per heavy atom. The van der Waals surface area contributed by atoms with Crippen molar-refractivity contribution in [1.29, 1.82) is 0 Å². The Balaban J connectivity index is 1.53. The van der Waals surface area contributed by atoms with Gasteiger partial charge in [0.15, 0.2) is 0 Å². The largest absolute Gasteiger partial charge is 0.366 e. The fraction of sp³-hybridized carbons (Fsp3) is 0.100. The first-order chi connectivity index (χ1) is 12.1. The maximum Gasteiger partial charge on any atom is 0.315 e. The molecule has 0 atom stereocenters. The van der Waals surface area contributed by atoms with Gasteiger partial charge in [-0.25, -0.2) is 4.79 Å². The van der Waals surface area contributed by atoms with E-state index in [-0.39, 0.29) is 6.03 Å². The van der Waals surface area contributed by atoms with Gasteiger partial charge in [0.25, 0.3) is 0 Å². The summed E-state index contributed by atoms with van der Waals surface area (Å²) in [5.41, 5.74) is 7.53. The van der Waals surface area contributed by atoms with E-state index >= 15 is 0 Å². The Morgan fingerprint density at radius 2 is 1.44 bits per heavy atom. The monoisotopic (exact) mass is 333 g/mol. The van der Waals surface area contributed by atoms with Gasteiger partial charge in [-0.05, 0) is 40.1 Å². The van der Waals surface area contributed by atoms with Gasteiger partial charge in [0.1, 0.15) is 0 Å². The van der Waals surface area contributed by atoms with Crippen molar-refractivity contribution in [3.05, 3.63) is 83.4 Å². The first kappa shape index (κ1) is 16.5. The van der Waals surface area contributed by atoms with Crippen LogP contribution in [-0.4, -0.2) is 11.9 Å². The molecule has 0 radical (unpaired) electrons. The number of carbonyl (C=O) groups excluding carboxylic acids is 2. The van der Waals surface area contributed by atoms with Gasteiger partial charge >= 0.3 is 6.03 Å². The van der Waals surface area contributed by atoms with E-state index in [1.54, 1.807) is 18.2 Å². The van der Waals surface area contributed by atoms with Gasteiger partial charge in [-0.15, -0.1) is 0 Å². The number of hydrogen-bond acceptors (Lipinski definition) is 2. The Kier molecular flexibility index (Phi) is 4.95. The zero-order valence-electron chi connectivity index (χ0n) is 13.7. The van der Waals surface area contributed by atoms with Crippen LogP contribution in [0.4, 0.5) is 4.79 Å². The standard InChI is InChI=1S/C20H19N3O2/c21-19(24)18-7-3-4-14(11-18)12-22-20(25)23-13-15-8-9-16-5-1-2-6-17(16)10-15/h1-11H,12-13H2,(H2,21,24)(H2,22,23,25). The molecule has 5 nitrogen and oxygen atoms in total. The third-order valence-electron chi connectivity index (χ3n) is 3.93. The molecule has 0 aliphatic heterocycles. The zero-order chi connectivity index (χ0) is 17.6. The van der Waals surface area contributed by atoms with Crippen molar-refractivity contribution in [3.8, 4) is 0 Å². The quantitative estimate of drug-likeness (QED) is 0.671. The molecule has 0 saturated carbocycles. The van der Waals surface area contributed by atoms with Crippen molar-refractivity contribution < 1.29 is 9.59 Å². The minimum atomic E-state index is -0.484. The molecule has 5 heteroatoms. The van der Waals surface area contributed by atoms with Crippen molar-refractivity contribution in [2.75, 3.05) is 0 Å². The highest BCUT2D eigenvalue weighted by molar-refractivity contribution is 5.92. The summed E-state index contributed by atoms with van der Waals surface area (Å²) in [6.07, 6.45) is 0. The minimum Gasteiger partial charge on any atom is -0.366 e. The minimum absolute atomic E-state index is 0.266. The topological polar surface area (TPSA) is 84.2 Å². The average molecular weight is 333 g/mol. The highest BCUT2D eigenvalue weighted by Crippen LogP contribution is 2.15. The third kappa shape index (κ3) is 4.35. The fourth-order valence-corrected chi connectivity index (χ4v) is 2.61. The van der Waals surface area contributed by atoms with Gasteiger partial charge in [0, 0.05) is 18.7 Å².